The Morgan fingerprint density at radius 2 is 1.58 bits per heavy atom. The molecular formula is C20H22N2O4. The largest absolute Gasteiger partial charge is 0.478 e. The first-order chi connectivity index (χ1) is 12.5. The van der Waals surface area contributed by atoms with Gasteiger partial charge in [0.05, 0.1) is 18.8 Å². The maximum absolute atomic E-state index is 12.5. The molecule has 1 heterocycles. The molecule has 0 aliphatic carbocycles. The molecule has 1 N–H and O–H groups in total. The number of hydrogen-bond donors (Lipinski definition) is 1. The second kappa shape index (κ2) is 8.01. The molecule has 0 bridgehead atoms. The summed E-state index contributed by atoms with van der Waals surface area (Å²) in [5.74, 6) is -1.14. The van der Waals surface area contributed by atoms with Gasteiger partial charge < -0.3 is 19.6 Å². The number of carbonyl (C=O) groups excluding carboxylic acids is 1. The van der Waals surface area contributed by atoms with Crippen LogP contribution in [0.3, 0.4) is 0 Å². The predicted molar refractivity (Wildman–Crippen MR) is 98.7 cm³/mol. The van der Waals surface area contributed by atoms with Gasteiger partial charge in [-0.1, -0.05) is 12.1 Å². The lowest BCUT2D eigenvalue weighted by atomic mass is 10.1. The first-order valence-electron chi connectivity index (χ1n) is 8.55. The van der Waals surface area contributed by atoms with Gasteiger partial charge in [-0.3, -0.25) is 4.79 Å². The van der Waals surface area contributed by atoms with E-state index in [1.165, 1.54) is 12.1 Å². The average molecular weight is 354 g/mol. The van der Waals surface area contributed by atoms with Crippen molar-refractivity contribution >= 4 is 17.6 Å². The molecule has 1 saturated heterocycles. The Labute approximate surface area is 152 Å². The highest BCUT2D eigenvalue weighted by atomic mass is 16.5. The lowest BCUT2D eigenvalue weighted by Gasteiger charge is -2.29. The Morgan fingerprint density at radius 1 is 1.00 bits per heavy atom. The molecule has 0 unspecified atom stereocenters. The molecule has 0 atom stereocenters. The van der Waals surface area contributed by atoms with Crippen molar-refractivity contribution in [3.05, 3.63) is 65.2 Å². The number of hydrogen-bond acceptors (Lipinski definition) is 4. The molecule has 136 valence electrons. The van der Waals surface area contributed by atoms with E-state index >= 15 is 0 Å². The van der Waals surface area contributed by atoms with E-state index in [0.29, 0.717) is 12.1 Å². The van der Waals surface area contributed by atoms with E-state index < -0.39 is 5.97 Å². The van der Waals surface area contributed by atoms with Crippen molar-refractivity contribution in [2.24, 2.45) is 0 Å². The van der Waals surface area contributed by atoms with Crippen LogP contribution in [0.25, 0.3) is 0 Å². The number of benzene rings is 2. The molecule has 2 aromatic rings. The fourth-order valence-electron chi connectivity index (χ4n) is 2.96. The highest BCUT2D eigenvalue weighted by Gasteiger charge is 2.14. The number of morpholine rings is 1. The summed E-state index contributed by atoms with van der Waals surface area (Å²) >= 11 is 0. The van der Waals surface area contributed by atoms with Crippen molar-refractivity contribution in [2.75, 3.05) is 38.3 Å². The lowest BCUT2D eigenvalue weighted by Crippen LogP contribution is -2.36. The second-order valence-electron chi connectivity index (χ2n) is 6.31. The van der Waals surface area contributed by atoms with E-state index in [1.807, 2.05) is 12.1 Å². The van der Waals surface area contributed by atoms with Crippen LogP contribution in [0.5, 0.6) is 0 Å². The van der Waals surface area contributed by atoms with Gasteiger partial charge in [-0.05, 0) is 42.0 Å². The van der Waals surface area contributed by atoms with E-state index in [0.717, 1.165) is 37.6 Å². The molecule has 6 heteroatoms. The minimum atomic E-state index is -1.00. The molecule has 0 saturated carbocycles. The zero-order valence-electron chi connectivity index (χ0n) is 14.7. The average Bonchev–Trinajstić information content (AvgIpc) is 2.68. The van der Waals surface area contributed by atoms with Crippen molar-refractivity contribution in [2.45, 2.75) is 6.54 Å². The minimum Gasteiger partial charge on any atom is -0.478 e. The molecule has 0 spiro atoms. The quantitative estimate of drug-likeness (QED) is 0.893. The van der Waals surface area contributed by atoms with Crippen LogP contribution >= 0.6 is 0 Å². The van der Waals surface area contributed by atoms with Gasteiger partial charge in [-0.15, -0.1) is 0 Å². The number of carbonyl (C=O) groups is 2. The van der Waals surface area contributed by atoms with Gasteiger partial charge in [0.15, 0.2) is 0 Å². The van der Waals surface area contributed by atoms with Crippen LogP contribution < -0.4 is 4.90 Å². The molecule has 0 aromatic heterocycles. The summed E-state index contributed by atoms with van der Waals surface area (Å²) < 4.78 is 5.37. The Bertz CT molecular complexity index is 765. The summed E-state index contributed by atoms with van der Waals surface area (Å²) in [5.41, 5.74) is 2.85. The third-order valence-corrected chi connectivity index (χ3v) is 4.46. The first kappa shape index (κ1) is 17.9. The zero-order chi connectivity index (χ0) is 18.5. The Morgan fingerprint density at radius 3 is 2.15 bits per heavy atom. The van der Waals surface area contributed by atoms with Gasteiger partial charge in [0, 0.05) is 37.9 Å². The van der Waals surface area contributed by atoms with Crippen LogP contribution in [0.4, 0.5) is 5.69 Å². The van der Waals surface area contributed by atoms with Crippen molar-refractivity contribution in [1.29, 1.82) is 0 Å². The van der Waals surface area contributed by atoms with Crippen molar-refractivity contribution in [1.82, 2.24) is 4.90 Å². The number of aromatic carboxylic acids is 1. The number of nitrogens with zero attached hydrogens (tertiary/aromatic N) is 2. The summed E-state index contributed by atoms with van der Waals surface area (Å²) in [6.45, 7) is 3.77. The van der Waals surface area contributed by atoms with Gasteiger partial charge in [0.1, 0.15) is 0 Å². The van der Waals surface area contributed by atoms with Gasteiger partial charge in [-0.25, -0.2) is 4.79 Å². The van der Waals surface area contributed by atoms with Crippen LogP contribution in [0.1, 0.15) is 26.3 Å². The lowest BCUT2D eigenvalue weighted by molar-refractivity contribution is 0.0695. The first-order valence-corrected chi connectivity index (χ1v) is 8.55. The van der Waals surface area contributed by atoms with Crippen LogP contribution in [0.15, 0.2) is 48.5 Å². The number of ether oxygens (including phenoxy) is 1. The molecule has 1 aliphatic heterocycles. The van der Waals surface area contributed by atoms with Crippen molar-refractivity contribution < 1.29 is 19.4 Å². The smallest absolute Gasteiger partial charge is 0.335 e. The minimum absolute atomic E-state index is 0.140. The Balaban J connectivity index is 1.62. The van der Waals surface area contributed by atoms with Crippen molar-refractivity contribution in [3.63, 3.8) is 0 Å². The van der Waals surface area contributed by atoms with Crippen LogP contribution in [-0.2, 0) is 11.3 Å². The van der Waals surface area contributed by atoms with E-state index in [1.54, 1.807) is 24.1 Å². The molecule has 1 amide bonds. The third kappa shape index (κ3) is 4.21. The zero-order valence-corrected chi connectivity index (χ0v) is 14.7. The molecule has 0 radical (unpaired) electrons. The highest BCUT2D eigenvalue weighted by molar-refractivity contribution is 5.95. The summed E-state index contributed by atoms with van der Waals surface area (Å²) in [4.78, 5) is 27.3. The SMILES string of the molecule is CN(Cc1ccc(N2CCOCC2)cc1)C(=O)c1ccc(C(=O)O)cc1. The van der Waals surface area contributed by atoms with Crippen LogP contribution in [0.2, 0.25) is 0 Å². The summed E-state index contributed by atoms with van der Waals surface area (Å²) in [5, 5.41) is 8.93. The molecule has 1 aliphatic rings. The topological polar surface area (TPSA) is 70.1 Å². The maximum atomic E-state index is 12.5. The number of carboxylic acids is 1. The summed E-state index contributed by atoms with van der Waals surface area (Å²) in [7, 11) is 1.74. The number of rotatable bonds is 5. The Hall–Kier alpha value is -2.86. The van der Waals surface area contributed by atoms with E-state index in [-0.39, 0.29) is 11.5 Å². The van der Waals surface area contributed by atoms with Gasteiger partial charge in [-0.2, -0.15) is 0 Å². The molecular weight excluding hydrogens is 332 g/mol. The van der Waals surface area contributed by atoms with Gasteiger partial charge in [0.2, 0.25) is 0 Å². The fourth-order valence-corrected chi connectivity index (χ4v) is 2.96. The molecule has 2 aromatic carbocycles. The Kier molecular flexibility index (Phi) is 5.53. The summed E-state index contributed by atoms with van der Waals surface area (Å²) in [6, 6.07) is 14.2. The van der Waals surface area contributed by atoms with E-state index in [9.17, 15) is 9.59 Å². The second-order valence-corrected chi connectivity index (χ2v) is 6.31. The van der Waals surface area contributed by atoms with E-state index in [2.05, 4.69) is 17.0 Å². The van der Waals surface area contributed by atoms with Gasteiger partial charge in [0.25, 0.3) is 5.91 Å². The third-order valence-electron chi connectivity index (χ3n) is 4.46. The fraction of sp³-hybridized carbons (Fsp3) is 0.300. The normalized spacial score (nSPS) is 14.1. The monoisotopic (exact) mass is 354 g/mol. The van der Waals surface area contributed by atoms with Crippen LogP contribution in [-0.4, -0.2) is 55.2 Å². The van der Waals surface area contributed by atoms with Crippen LogP contribution in [0, 0.1) is 0 Å². The maximum Gasteiger partial charge on any atom is 0.335 e. The highest BCUT2D eigenvalue weighted by Crippen LogP contribution is 2.18. The molecule has 6 nitrogen and oxygen atoms in total. The summed E-state index contributed by atoms with van der Waals surface area (Å²) in [6.07, 6.45) is 0. The standard InChI is InChI=1S/C20H22N2O4/c1-21(19(23)16-4-6-17(7-5-16)20(24)25)14-15-2-8-18(9-3-15)22-10-12-26-13-11-22/h2-9H,10-14H2,1H3,(H,24,25). The molecule has 1 fully saturated rings. The molecule has 26 heavy (non-hydrogen) atoms. The number of anilines is 1. The van der Waals surface area contributed by atoms with Gasteiger partial charge >= 0.3 is 5.97 Å². The molecule has 3 rings (SSSR count). The van der Waals surface area contributed by atoms with E-state index in [4.69, 9.17) is 9.84 Å². The number of carboxylic acid groups (broad SMARTS) is 1. The number of amides is 1. The predicted octanol–water partition coefficient (Wildman–Crippen LogP) is 2.49. The van der Waals surface area contributed by atoms with Crippen molar-refractivity contribution in [3.8, 4) is 0 Å².